The first-order chi connectivity index (χ1) is 14.2. The van der Waals surface area contributed by atoms with Crippen LogP contribution in [0.1, 0.15) is 18.1 Å². The minimum Gasteiger partial charge on any atom is -0.493 e. The quantitative estimate of drug-likeness (QED) is 0.298. The molecule has 0 saturated carbocycles. The molecule has 2 aromatic carbocycles. The van der Waals surface area contributed by atoms with Gasteiger partial charge in [0.25, 0.3) is 0 Å². The fourth-order valence-corrected chi connectivity index (χ4v) is 4.06. The number of ether oxygens (including phenoxy) is 2. The van der Waals surface area contributed by atoms with Gasteiger partial charge in [-0.2, -0.15) is 0 Å². The number of benzene rings is 2. The maximum atomic E-state index is 12.1. The number of aromatic nitrogens is 2. The van der Waals surface area contributed by atoms with Gasteiger partial charge in [-0.1, -0.05) is 66.4 Å². The summed E-state index contributed by atoms with van der Waals surface area (Å²) in [4.78, 5) is 12.1. The summed E-state index contributed by atoms with van der Waals surface area (Å²) >= 11 is 2.95. The number of carbonyl (C=O) groups is 1. The molecule has 1 heterocycles. The van der Waals surface area contributed by atoms with Crippen LogP contribution >= 0.6 is 23.1 Å². The zero-order valence-corrected chi connectivity index (χ0v) is 17.8. The first kappa shape index (κ1) is 20.9. The van der Waals surface area contributed by atoms with Gasteiger partial charge in [-0.15, -0.1) is 10.2 Å². The molecule has 0 aliphatic carbocycles. The summed E-state index contributed by atoms with van der Waals surface area (Å²) in [6, 6.07) is 15.4. The van der Waals surface area contributed by atoms with E-state index < -0.39 is 0 Å². The predicted octanol–water partition coefficient (Wildman–Crippen LogP) is 4.89. The largest absolute Gasteiger partial charge is 0.493 e. The molecule has 0 fully saturated rings. The SMILES string of the molecule is CCSc1nnc(NC(=O)/C=C/c2ccc(OCc3ccccc3)c(OC)c2)s1. The van der Waals surface area contributed by atoms with Gasteiger partial charge in [0, 0.05) is 6.08 Å². The van der Waals surface area contributed by atoms with E-state index in [1.807, 2.05) is 55.5 Å². The first-order valence-electron chi connectivity index (χ1n) is 8.98. The second-order valence-corrected chi connectivity index (χ2v) is 8.30. The Balaban J connectivity index is 1.60. The molecule has 0 aliphatic rings. The Morgan fingerprint density at radius 1 is 1.17 bits per heavy atom. The second kappa shape index (κ2) is 10.6. The number of carbonyl (C=O) groups excluding carboxylic acids is 1. The van der Waals surface area contributed by atoms with Crippen LogP contribution in [-0.2, 0) is 11.4 Å². The lowest BCUT2D eigenvalue weighted by atomic mass is 10.2. The zero-order chi connectivity index (χ0) is 20.5. The van der Waals surface area contributed by atoms with Crippen molar-refractivity contribution in [2.45, 2.75) is 17.9 Å². The number of anilines is 1. The fraction of sp³-hybridized carbons (Fsp3) is 0.190. The molecule has 0 unspecified atom stereocenters. The van der Waals surface area contributed by atoms with Gasteiger partial charge in [-0.05, 0) is 35.1 Å². The molecule has 0 atom stereocenters. The maximum Gasteiger partial charge on any atom is 0.250 e. The summed E-state index contributed by atoms with van der Waals surface area (Å²) in [6.45, 7) is 2.49. The maximum absolute atomic E-state index is 12.1. The van der Waals surface area contributed by atoms with Gasteiger partial charge < -0.3 is 9.47 Å². The number of hydrogen-bond acceptors (Lipinski definition) is 7. The standard InChI is InChI=1S/C21H21N3O3S2/c1-3-28-21-24-23-20(29-21)22-19(25)12-10-15-9-11-17(18(13-15)26-2)27-14-16-7-5-4-6-8-16/h4-13H,3,14H2,1-2H3,(H,22,23,25)/b12-10+. The third-order valence-corrected chi connectivity index (χ3v) is 5.61. The van der Waals surface area contributed by atoms with E-state index in [9.17, 15) is 4.79 Å². The first-order valence-corrected chi connectivity index (χ1v) is 10.8. The third-order valence-electron chi connectivity index (χ3n) is 3.76. The summed E-state index contributed by atoms with van der Waals surface area (Å²) in [6.07, 6.45) is 3.16. The van der Waals surface area contributed by atoms with E-state index >= 15 is 0 Å². The number of rotatable bonds is 9. The number of nitrogens with zero attached hydrogens (tertiary/aromatic N) is 2. The van der Waals surface area contributed by atoms with E-state index in [0.717, 1.165) is 21.2 Å². The lowest BCUT2D eigenvalue weighted by Crippen LogP contribution is -2.07. The molecular weight excluding hydrogens is 406 g/mol. The summed E-state index contributed by atoms with van der Waals surface area (Å²) in [5.74, 6) is 1.90. The van der Waals surface area contributed by atoms with Crippen molar-refractivity contribution in [2.24, 2.45) is 0 Å². The third kappa shape index (κ3) is 6.33. The van der Waals surface area contributed by atoms with Crippen LogP contribution < -0.4 is 14.8 Å². The highest BCUT2D eigenvalue weighted by Gasteiger charge is 2.08. The molecule has 0 saturated heterocycles. The molecule has 0 aliphatic heterocycles. The van der Waals surface area contributed by atoms with Crippen LogP contribution in [0, 0.1) is 0 Å². The van der Waals surface area contributed by atoms with E-state index in [4.69, 9.17) is 9.47 Å². The molecule has 3 aromatic rings. The van der Waals surface area contributed by atoms with E-state index in [1.165, 1.54) is 17.4 Å². The highest BCUT2D eigenvalue weighted by Crippen LogP contribution is 2.29. The van der Waals surface area contributed by atoms with Crippen LogP contribution in [-0.4, -0.2) is 29.0 Å². The Hall–Kier alpha value is -2.84. The molecular formula is C21H21N3O3S2. The molecule has 0 bridgehead atoms. The fourth-order valence-electron chi connectivity index (χ4n) is 2.40. The minimum absolute atomic E-state index is 0.266. The van der Waals surface area contributed by atoms with Gasteiger partial charge in [0.1, 0.15) is 6.61 Å². The number of amides is 1. The van der Waals surface area contributed by atoms with Gasteiger partial charge in [0.15, 0.2) is 15.8 Å². The molecule has 0 radical (unpaired) electrons. The molecule has 1 aromatic heterocycles. The Morgan fingerprint density at radius 2 is 2.00 bits per heavy atom. The second-order valence-electron chi connectivity index (χ2n) is 5.81. The van der Waals surface area contributed by atoms with Gasteiger partial charge in [-0.3, -0.25) is 10.1 Å². The molecule has 150 valence electrons. The Kier molecular flexibility index (Phi) is 7.66. The number of hydrogen-bond donors (Lipinski definition) is 1. The van der Waals surface area contributed by atoms with Gasteiger partial charge in [0.05, 0.1) is 7.11 Å². The summed E-state index contributed by atoms with van der Waals surface area (Å²) in [5, 5.41) is 11.2. The molecule has 1 N–H and O–H groups in total. The van der Waals surface area contributed by atoms with Gasteiger partial charge in [-0.25, -0.2) is 0 Å². The molecule has 8 heteroatoms. The van der Waals surface area contributed by atoms with E-state index in [2.05, 4.69) is 15.5 Å². The van der Waals surface area contributed by atoms with Crippen molar-refractivity contribution in [3.63, 3.8) is 0 Å². The normalized spacial score (nSPS) is 10.8. The summed E-state index contributed by atoms with van der Waals surface area (Å²) in [7, 11) is 1.59. The smallest absolute Gasteiger partial charge is 0.250 e. The van der Waals surface area contributed by atoms with Crippen LogP contribution in [0.4, 0.5) is 5.13 Å². The number of nitrogens with one attached hydrogen (secondary N) is 1. The Bertz CT molecular complexity index is 974. The Labute approximate surface area is 178 Å². The number of methoxy groups -OCH3 is 1. The van der Waals surface area contributed by atoms with E-state index in [1.54, 1.807) is 24.9 Å². The summed E-state index contributed by atoms with van der Waals surface area (Å²) in [5.41, 5.74) is 1.90. The molecule has 3 rings (SSSR count). The zero-order valence-electron chi connectivity index (χ0n) is 16.1. The monoisotopic (exact) mass is 427 g/mol. The van der Waals surface area contributed by atoms with Gasteiger partial charge >= 0.3 is 0 Å². The average molecular weight is 428 g/mol. The van der Waals surface area contributed by atoms with Crippen molar-refractivity contribution in [3.8, 4) is 11.5 Å². The summed E-state index contributed by atoms with van der Waals surface area (Å²) < 4.78 is 12.1. The van der Waals surface area contributed by atoms with E-state index in [0.29, 0.717) is 23.2 Å². The molecule has 1 amide bonds. The van der Waals surface area contributed by atoms with E-state index in [-0.39, 0.29) is 5.91 Å². The Morgan fingerprint density at radius 3 is 2.76 bits per heavy atom. The van der Waals surface area contributed by atoms with Crippen LogP contribution in [0.15, 0.2) is 58.9 Å². The topological polar surface area (TPSA) is 73.3 Å². The number of thioether (sulfide) groups is 1. The molecule has 6 nitrogen and oxygen atoms in total. The highest BCUT2D eigenvalue weighted by molar-refractivity contribution is 8.01. The molecule has 29 heavy (non-hydrogen) atoms. The van der Waals surface area contributed by atoms with Crippen molar-refractivity contribution in [3.05, 3.63) is 65.7 Å². The van der Waals surface area contributed by atoms with Crippen molar-refractivity contribution in [1.82, 2.24) is 10.2 Å². The lowest BCUT2D eigenvalue weighted by molar-refractivity contribution is -0.111. The van der Waals surface area contributed by atoms with Crippen LogP contribution in [0.25, 0.3) is 6.08 Å². The van der Waals surface area contributed by atoms with Gasteiger partial charge in [0.2, 0.25) is 11.0 Å². The van der Waals surface area contributed by atoms with Crippen molar-refractivity contribution >= 4 is 40.2 Å². The predicted molar refractivity (Wildman–Crippen MR) is 118 cm³/mol. The van der Waals surface area contributed by atoms with Crippen molar-refractivity contribution in [1.29, 1.82) is 0 Å². The van der Waals surface area contributed by atoms with Crippen LogP contribution in [0.5, 0.6) is 11.5 Å². The minimum atomic E-state index is -0.266. The van der Waals surface area contributed by atoms with Crippen molar-refractivity contribution in [2.75, 3.05) is 18.2 Å². The van der Waals surface area contributed by atoms with Crippen LogP contribution in [0.2, 0.25) is 0 Å². The average Bonchev–Trinajstić information content (AvgIpc) is 3.18. The highest BCUT2D eigenvalue weighted by atomic mass is 32.2. The molecule has 0 spiro atoms. The van der Waals surface area contributed by atoms with Crippen LogP contribution in [0.3, 0.4) is 0 Å². The lowest BCUT2D eigenvalue weighted by Gasteiger charge is -2.11. The van der Waals surface area contributed by atoms with Crippen molar-refractivity contribution < 1.29 is 14.3 Å².